The zero-order chi connectivity index (χ0) is 13.1. The van der Waals surface area contributed by atoms with Crippen molar-refractivity contribution in [1.29, 1.82) is 0 Å². The number of anilines is 1. The van der Waals surface area contributed by atoms with Crippen LogP contribution in [0, 0.1) is 6.92 Å². The summed E-state index contributed by atoms with van der Waals surface area (Å²) >= 11 is 0. The highest BCUT2D eigenvalue weighted by atomic mass is 16.5. The van der Waals surface area contributed by atoms with Gasteiger partial charge >= 0.3 is 0 Å². The average Bonchev–Trinajstić information content (AvgIpc) is 2.39. The van der Waals surface area contributed by atoms with Crippen molar-refractivity contribution in [1.82, 2.24) is 4.90 Å². The van der Waals surface area contributed by atoms with Gasteiger partial charge in [0, 0.05) is 32.2 Å². The molecule has 1 fully saturated rings. The number of ether oxygens (including phenoxy) is 1. The highest BCUT2D eigenvalue weighted by molar-refractivity contribution is 5.60. The zero-order valence-corrected chi connectivity index (χ0v) is 11.9. The molecular weight excluding hydrogens is 224 g/mol. The molecule has 0 amide bonds. The van der Waals surface area contributed by atoms with Gasteiger partial charge in [-0.05, 0) is 38.5 Å². The van der Waals surface area contributed by atoms with Crippen LogP contribution in [0.5, 0.6) is 5.75 Å². The second-order valence-corrected chi connectivity index (χ2v) is 5.29. The molecule has 1 heterocycles. The molecule has 0 bridgehead atoms. The predicted octanol–water partition coefficient (Wildman–Crippen LogP) is 2.53. The first-order chi connectivity index (χ1) is 8.61. The zero-order valence-electron chi connectivity index (χ0n) is 11.9. The number of benzene rings is 1. The summed E-state index contributed by atoms with van der Waals surface area (Å²) in [7, 11) is 1.75. The third-order valence-corrected chi connectivity index (χ3v) is 3.72. The van der Waals surface area contributed by atoms with Crippen molar-refractivity contribution in [3.63, 3.8) is 0 Å². The third-order valence-electron chi connectivity index (χ3n) is 3.72. The van der Waals surface area contributed by atoms with E-state index in [1.54, 1.807) is 7.11 Å². The quantitative estimate of drug-likeness (QED) is 0.817. The number of hydrogen-bond acceptors (Lipinski definition) is 3. The van der Waals surface area contributed by atoms with Gasteiger partial charge in [0.15, 0.2) is 0 Å². The van der Waals surface area contributed by atoms with E-state index in [1.165, 1.54) is 11.3 Å². The van der Waals surface area contributed by atoms with Crippen LogP contribution in [-0.4, -0.2) is 44.2 Å². The minimum Gasteiger partial charge on any atom is -0.495 e. The summed E-state index contributed by atoms with van der Waals surface area (Å²) in [6.07, 6.45) is 0. The van der Waals surface area contributed by atoms with Gasteiger partial charge in [0.2, 0.25) is 0 Å². The molecule has 3 heteroatoms. The predicted molar refractivity (Wildman–Crippen MR) is 76.7 cm³/mol. The summed E-state index contributed by atoms with van der Waals surface area (Å²) in [5.74, 6) is 0.985. The molecule has 0 unspecified atom stereocenters. The lowest BCUT2D eigenvalue weighted by Crippen LogP contribution is -2.49. The van der Waals surface area contributed by atoms with Gasteiger partial charge in [0.1, 0.15) is 5.75 Å². The summed E-state index contributed by atoms with van der Waals surface area (Å²) in [6.45, 7) is 11.1. The minimum absolute atomic E-state index is 0.645. The van der Waals surface area contributed by atoms with Crippen molar-refractivity contribution in [3.8, 4) is 5.75 Å². The van der Waals surface area contributed by atoms with Crippen LogP contribution in [0.3, 0.4) is 0 Å². The smallest absolute Gasteiger partial charge is 0.142 e. The normalized spacial score (nSPS) is 17.3. The summed E-state index contributed by atoms with van der Waals surface area (Å²) in [5.41, 5.74) is 2.53. The molecule has 0 atom stereocenters. The van der Waals surface area contributed by atoms with Gasteiger partial charge < -0.3 is 9.64 Å². The maximum atomic E-state index is 5.47. The van der Waals surface area contributed by atoms with Crippen molar-refractivity contribution in [2.24, 2.45) is 0 Å². The number of aryl methyl sites for hydroxylation is 1. The van der Waals surface area contributed by atoms with Crippen LogP contribution in [0.15, 0.2) is 18.2 Å². The van der Waals surface area contributed by atoms with Gasteiger partial charge in [-0.2, -0.15) is 0 Å². The SMILES string of the molecule is COc1ccc(C)cc1N1CCN(C(C)C)CC1. The van der Waals surface area contributed by atoms with Gasteiger partial charge in [-0.15, -0.1) is 0 Å². The lowest BCUT2D eigenvalue weighted by molar-refractivity contribution is 0.209. The Morgan fingerprint density at radius 2 is 1.78 bits per heavy atom. The van der Waals surface area contributed by atoms with E-state index >= 15 is 0 Å². The third kappa shape index (κ3) is 2.78. The van der Waals surface area contributed by atoms with Crippen molar-refractivity contribution in [2.75, 3.05) is 38.2 Å². The monoisotopic (exact) mass is 248 g/mol. The van der Waals surface area contributed by atoms with Crippen LogP contribution < -0.4 is 9.64 Å². The second-order valence-electron chi connectivity index (χ2n) is 5.29. The van der Waals surface area contributed by atoms with Gasteiger partial charge in [-0.25, -0.2) is 0 Å². The van der Waals surface area contributed by atoms with E-state index in [1.807, 2.05) is 0 Å². The van der Waals surface area contributed by atoms with Crippen molar-refractivity contribution in [2.45, 2.75) is 26.8 Å². The minimum atomic E-state index is 0.645. The average molecular weight is 248 g/mol. The first-order valence-electron chi connectivity index (χ1n) is 6.75. The van der Waals surface area contributed by atoms with Crippen LogP contribution in [0.1, 0.15) is 19.4 Å². The van der Waals surface area contributed by atoms with E-state index in [0.717, 1.165) is 31.9 Å². The Balaban J connectivity index is 2.11. The molecule has 0 aliphatic carbocycles. The number of methoxy groups -OCH3 is 1. The standard InChI is InChI=1S/C15H24N2O/c1-12(2)16-7-9-17(10-8-16)14-11-13(3)5-6-15(14)18-4/h5-6,11-12H,7-10H2,1-4H3. The summed E-state index contributed by atoms with van der Waals surface area (Å²) < 4.78 is 5.47. The van der Waals surface area contributed by atoms with E-state index < -0.39 is 0 Å². The van der Waals surface area contributed by atoms with Crippen LogP contribution in [-0.2, 0) is 0 Å². The lowest BCUT2D eigenvalue weighted by atomic mass is 10.1. The van der Waals surface area contributed by atoms with Crippen LogP contribution in [0.2, 0.25) is 0 Å². The molecule has 1 aliphatic heterocycles. The highest BCUT2D eigenvalue weighted by Gasteiger charge is 2.20. The fourth-order valence-electron chi connectivity index (χ4n) is 2.53. The van der Waals surface area contributed by atoms with E-state index in [-0.39, 0.29) is 0 Å². The fourth-order valence-corrected chi connectivity index (χ4v) is 2.53. The molecule has 0 saturated carbocycles. The van der Waals surface area contributed by atoms with Crippen molar-refractivity contribution in [3.05, 3.63) is 23.8 Å². The Morgan fingerprint density at radius 3 is 2.33 bits per heavy atom. The number of hydrogen-bond donors (Lipinski definition) is 0. The summed E-state index contributed by atoms with van der Waals surface area (Å²) in [4.78, 5) is 4.96. The number of nitrogens with zero attached hydrogens (tertiary/aromatic N) is 2. The topological polar surface area (TPSA) is 15.7 Å². The van der Waals surface area contributed by atoms with Gasteiger partial charge in [-0.3, -0.25) is 4.90 Å². The van der Waals surface area contributed by atoms with Gasteiger partial charge in [0.25, 0.3) is 0 Å². The molecule has 2 rings (SSSR count). The van der Waals surface area contributed by atoms with Crippen molar-refractivity contribution < 1.29 is 4.74 Å². The molecule has 1 aromatic rings. The number of piperazine rings is 1. The molecule has 3 nitrogen and oxygen atoms in total. The Labute approximate surface area is 110 Å². The Morgan fingerprint density at radius 1 is 1.11 bits per heavy atom. The Kier molecular flexibility index (Phi) is 4.12. The molecule has 100 valence electrons. The molecule has 0 aromatic heterocycles. The first-order valence-corrected chi connectivity index (χ1v) is 6.75. The summed E-state index contributed by atoms with van der Waals surface area (Å²) in [6, 6.07) is 7.04. The largest absolute Gasteiger partial charge is 0.495 e. The van der Waals surface area contributed by atoms with Crippen molar-refractivity contribution >= 4 is 5.69 Å². The highest BCUT2D eigenvalue weighted by Crippen LogP contribution is 2.30. The Bertz CT molecular complexity index is 395. The summed E-state index contributed by atoms with van der Waals surface area (Å²) in [5, 5.41) is 0. The Hall–Kier alpha value is -1.22. The molecule has 0 N–H and O–H groups in total. The molecule has 1 aromatic carbocycles. The number of rotatable bonds is 3. The maximum Gasteiger partial charge on any atom is 0.142 e. The molecule has 1 saturated heterocycles. The molecule has 0 radical (unpaired) electrons. The van der Waals surface area contributed by atoms with Crippen LogP contribution in [0.4, 0.5) is 5.69 Å². The van der Waals surface area contributed by atoms with E-state index in [0.29, 0.717) is 6.04 Å². The van der Waals surface area contributed by atoms with Gasteiger partial charge in [0.05, 0.1) is 12.8 Å². The molecule has 0 spiro atoms. The lowest BCUT2D eigenvalue weighted by Gasteiger charge is -2.38. The van der Waals surface area contributed by atoms with Crippen LogP contribution >= 0.6 is 0 Å². The van der Waals surface area contributed by atoms with E-state index in [2.05, 4.69) is 48.8 Å². The molecule has 18 heavy (non-hydrogen) atoms. The maximum absolute atomic E-state index is 5.47. The molecular formula is C15H24N2O. The fraction of sp³-hybridized carbons (Fsp3) is 0.600. The van der Waals surface area contributed by atoms with E-state index in [9.17, 15) is 0 Å². The molecule has 1 aliphatic rings. The van der Waals surface area contributed by atoms with E-state index in [4.69, 9.17) is 4.74 Å². The van der Waals surface area contributed by atoms with Gasteiger partial charge in [-0.1, -0.05) is 6.07 Å². The van der Waals surface area contributed by atoms with Crippen LogP contribution in [0.25, 0.3) is 0 Å². The second kappa shape index (κ2) is 5.61. The first kappa shape index (κ1) is 13.2.